The number of carbonyl (C=O) groups is 1. The number of rotatable bonds is 1. The van der Waals surface area contributed by atoms with Crippen molar-refractivity contribution in [3.05, 3.63) is 65.5 Å². The average Bonchev–Trinajstić information content (AvgIpc) is 2.45. The summed E-state index contributed by atoms with van der Waals surface area (Å²) in [6.45, 7) is 0. The van der Waals surface area contributed by atoms with Crippen molar-refractivity contribution in [3.8, 4) is 0 Å². The quantitative estimate of drug-likeness (QED) is 0.785. The Bertz CT molecular complexity index is 709. The second kappa shape index (κ2) is 4.81. The fourth-order valence-corrected chi connectivity index (χ4v) is 2.15. The summed E-state index contributed by atoms with van der Waals surface area (Å²) >= 11 is 0. The molecular weight excluding hydrogens is 257 g/mol. The van der Waals surface area contributed by atoms with Crippen molar-refractivity contribution in [1.29, 1.82) is 0 Å². The third-order valence-corrected chi connectivity index (χ3v) is 3.15. The molecule has 0 N–H and O–H groups in total. The van der Waals surface area contributed by atoms with Crippen LogP contribution in [0, 0.1) is 5.82 Å². The molecule has 3 rings (SSSR count). The zero-order valence-corrected chi connectivity index (χ0v) is 10.8. The molecule has 0 aliphatic carbocycles. The van der Waals surface area contributed by atoms with Crippen molar-refractivity contribution in [1.82, 2.24) is 0 Å². The van der Waals surface area contributed by atoms with Gasteiger partial charge in [0.25, 0.3) is 0 Å². The Labute approximate surface area is 115 Å². The summed E-state index contributed by atoms with van der Waals surface area (Å²) in [6, 6.07) is 13.6. The van der Waals surface area contributed by atoms with E-state index in [4.69, 9.17) is 4.74 Å². The smallest absolute Gasteiger partial charge is 0.409 e. The van der Waals surface area contributed by atoms with E-state index in [0.717, 1.165) is 11.3 Å². The molecular formula is C16H12FNO2. The fraction of sp³-hybridized carbons (Fsp3) is 0.0625. The van der Waals surface area contributed by atoms with Crippen LogP contribution in [0.5, 0.6) is 0 Å². The van der Waals surface area contributed by atoms with Gasteiger partial charge in [-0.2, -0.15) is 0 Å². The van der Waals surface area contributed by atoms with Gasteiger partial charge in [0.1, 0.15) is 11.6 Å². The fourth-order valence-electron chi connectivity index (χ4n) is 2.15. The second-order valence-corrected chi connectivity index (χ2v) is 4.51. The number of nitrogens with zero attached hydrogens (tertiary/aromatic N) is 1. The largest absolute Gasteiger partial charge is 0.419 e. The molecule has 0 unspecified atom stereocenters. The van der Waals surface area contributed by atoms with Crippen LogP contribution in [0.3, 0.4) is 0 Å². The van der Waals surface area contributed by atoms with E-state index in [2.05, 4.69) is 0 Å². The van der Waals surface area contributed by atoms with Gasteiger partial charge in [0, 0.05) is 12.6 Å². The van der Waals surface area contributed by atoms with Crippen LogP contribution >= 0.6 is 0 Å². The highest BCUT2D eigenvalue weighted by Gasteiger charge is 2.25. The molecule has 1 aliphatic rings. The predicted octanol–water partition coefficient (Wildman–Crippen LogP) is 3.91. The maximum absolute atomic E-state index is 13.2. The molecule has 0 fully saturated rings. The molecule has 0 atom stereocenters. The van der Waals surface area contributed by atoms with Crippen molar-refractivity contribution < 1.29 is 13.9 Å². The van der Waals surface area contributed by atoms with Crippen molar-refractivity contribution in [3.63, 3.8) is 0 Å². The number of carbonyl (C=O) groups excluding carboxylic acids is 1. The van der Waals surface area contributed by atoms with E-state index in [-0.39, 0.29) is 5.82 Å². The minimum absolute atomic E-state index is 0.327. The van der Waals surface area contributed by atoms with E-state index in [1.165, 1.54) is 17.0 Å². The topological polar surface area (TPSA) is 29.5 Å². The molecule has 0 bridgehead atoms. The third kappa shape index (κ3) is 2.16. The van der Waals surface area contributed by atoms with Crippen LogP contribution in [-0.2, 0) is 4.74 Å². The lowest BCUT2D eigenvalue weighted by Crippen LogP contribution is -2.31. The average molecular weight is 269 g/mol. The van der Waals surface area contributed by atoms with E-state index in [0.29, 0.717) is 11.3 Å². The first-order valence-electron chi connectivity index (χ1n) is 6.17. The summed E-state index contributed by atoms with van der Waals surface area (Å²) < 4.78 is 18.5. The molecule has 0 aromatic heterocycles. The van der Waals surface area contributed by atoms with Crippen LogP contribution < -0.4 is 4.90 Å². The molecule has 100 valence electrons. The highest BCUT2D eigenvalue weighted by Crippen LogP contribution is 2.34. The second-order valence-electron chi connectivity index (χ2n) is 4.51. The van der Waals surface area contributed by atoms with Crippen molar-refractivity contribution in [2.45, 2.75) is 0 Å². The van der Waals surface area contributed by atoms with Gasteiger partial charge in [-0.3, -0.25) is 4.90 Å². The lowest BCUT2D eigenvalue weighted by atomic mass is 10.1. The van der Waals surface area contributed by atoms with Crippen molar-refractivity contribution in [2.75, 3.05) is 11.9 Å². The summed E-state index contributed by atoms with van der Waals surface area (Å²) in [6.07, 6.45) is 1.21. The van der Waals surface area contributed by atoms with Gasteiger partial charge in [-0.15, -0.1) is 0 Å². The molecule has 2 aromatic rings. The number of anilines is 1. The highest BCUT2D eigenvalue weighted by atomic mass is 19.1. The highest BCUT2D eigenvalue weighted by molar-refractivity contribution is 6.01. The van der Waals surface area contributed by atoms with E-state index >= 15 is 0 Å². The maximum Gasteiger partial charge on any atom is 0.419 e. The number of para-hydroxylation sites is 1. The molecule has 3 nitrogen and oxygen atoms in total. The van der Waals surface area contributed by atoms with E-state index in [9.17, 15) is 9.18 Å². The Hall–Kier alpha value is -2.62. The SMILES string of the molecule is CN1C(=O)O/C(=C\c2cccc(F)c2)c2ccccc21. The summed E-state index contributed by atoms with van der Waals surface area (Å²) in [7, 11) is 1.65. The first kappa shape index (κ1) is 12.4. The first-order valence-corrected chi connectivity index (χ1v) is 6.17. The summed E-state index contributed by atoms with van der Waals surface area (Å²) in [5, 5.41) is 0. The molecule has 20 heavy (non-hydrogen) atoms. The predicted molar refractivity (Wildman–Crippen MR) is 75.6 cm³/mol. The summed E-state index contributed by atoms with van der Waals surface area (Å²) in [4.78, 5) is 13.3. The van der Waals surface area contributed by atoms with Crippen LogP contribution in [0.15, 0.2) is 48.5 Å². The number of benzene rings is 2. The van der Waals surface area contributed by atoms with Gasteiger partial charge in [-0.25, -0.2) is 9.18 Å². The molecule has 4 heteroatoms. The summed E-state index contributed by atoms with van der Waals surface area (Å²) in [5.74, 6) is 0.0983. The van der Waals surface area contributed by atoms with E-state index < -0.39 is 6.09 Å². The number of hydrogen-bond acceptors (Lipinski definition) is 2. The molecule has 0 radical (unpaired) electrons. The van der Waals surface area contributed by atoms with E-state index in [1.807, 2.05) is 24.3 Å². The Morgan fingerprint density at radius 1 is 1.15 bits per heavy atom. The van der Waals surface area contributed by atoms with Crippen molar-refractivity contribution >= 4 is 23.6 Å². The van der Waals surface area contributed by atoms with Gasteiger partial charge >= 0.3 is 6.09 Å². The van der Waals surface area contributed by atoms with Crippen LogP contribution in [-0.4, -0.2) is 13.1 Å². The number of hydrogen-bond donors (Lipinski definition) is 0. The van der Waals surface area contributed by atoms with Gasteiger partial charge in [-0.1, -0.05) is 24.3 Å². The number of amides is 1. The lowest BCUT2D eigenvalue weighted by molar-refractivity contribution is 0.199. The van der Waals surface area contributed by atoms with Gasteiger partial charge in [0.2, 0.25) is 0 Å². The molecule has 0 spiro atoms. The molecule has 1 amide bonds. The van der Waals surface area contributed by atoms with E-state index in [1.54, 1.807) is 25.3 Å². The zero-order chi connectivity index (χ0) is 14.1. The van der Waals surface area contributed by atoms with Crippen LogP contribution in [0.25, 0.3) is 11.8 Å². The number of halogens is 1. The third-order valence-electron chi connectivity index (χ3n) is 3.15. The summed E-state index contributed by atoms with van der Waals surface area (Å²) in [5.41, 5.74) is 2.22. The van der Waals surface area contributed by atoms with Crippen LogP contribution in [0.1, 0.15) is 11.1 Å². The maximum atomic E-state index is 13.2. The Morgan fingerprint density at radius 2 is 1.95 bits per heavy atom. The van der Waals surface area contributed by atoms with Crippen LogP contribution in [0.4, 0.5) is 14.9 Å². The van der Waals surface area contributed by atoms with Crippen molar-refractivity contribution in [2.24, 2.45) is 0 Å². The number of ether oxygens (including phenoxy) is 1. The minimum atomic E-state index is -0.452. The van der Waals surface area contributed by atoms with Gasteiger partial charge in [0.05, 0.1) is 5.69 Å². The molecule has 1 heterocycles. The molecule has 0 saturated carbocycles. The standard InChI is InChI=1S/C16H12FNO2/c1-18-14-8-3-2-7-13(14)15(20-16(18)19)10-11-5-4-6-12(17)9-11/h2-10H,1H3/b15-10-. The Morgan fingerprint density at radius 3 is 2.75 bits per heavy atom. The Balaban J connectivity index is 2.11. The van der Waals surface area contributed by atoms with Gasteiger partial charge in [-0.05, 0) is 35.9 Å². The van der Waals surface area contributed by atoms with Crippen LogP contribution in [0.2, 0.25) is 0 Å². The molecule has 0 saturated heterocycles. The Kier molecular flexibility index (Phi) is 2.99. The minimum Gasteiger partial charge on any atom is -0.409 e. The molecule has 1 aliphatic heterocycles. The number of cyclic esters (lactones) is 1. The zero-order valence-electron chi connectivity index (χ0n) is 10.8. The van der Waals surface area contributed by atoms with Gasteiger partial charge in [0.15, 0.2) is 0 Å². The normalized spacial score (nSPS) is 16.0. The monoisotopic (exact) mass is 269 g/mol. The lowest BCUT2D eigenvalue weighted by Gasteiger charge is -2.26. The number of fused-ring (bicyclic) bond motifs is 1. The first-order chi connectivity index (χ1) is 9.65. The van der Waals surface area contributed by atoms with Gasteiger partial charge < -0.3 is 4.74 Å². The molecule has 2 aromatic carbocycles.